The van der Waals surface area contributed by atoms with Crippen molar-refractivity contribution in [3.63, 3.8) is 0 Å². The van der Waals surface area contributed by atoms with Crippen LogP contribution in [0.1, 0.15) is 10.4 Å². The summed E-state index contributed by atoms with van der Waals surface area (Å²) < 4.78 is 54.1. The molecular weight excluding hydrogens is 545 g/mol. The quantitative estimate of drug-likeness (QED) is 0.260. The molecule has 41 heavy (non-hydrogen) atoms. The summed E-state index contributed by atoms with van der Waals surface area (Å²) in [7, 11) is -0.698. The highest BCUT2D eigenvalue weighted by molar-refractivity contribution is 7.92. The predicted octanol–water partition coefficient (Wildman–Crippen LogP) is 5.68. The maximum absolute atomic E-state index is 13.7. The van der Waals surface area contributed by atoms with Crippen LogP contribution in [0, 0.1) is 5.82 Å². The van der Waals surface area contributed by atoms with Crippen molar-refractivity contribution in [2.45, 2.75) is 0 Å². The standard InChI is InChI=1S/C31H24FN3O5S/c1-33-31(36)29-24-16-23(20-11-14-27-26(15-20)35(18-39-27)22-7-5-4-6-8-22)25(34(2)41(3,37)38)17-28(24)40-30(29)19-9-12-21(32)13-10-19/h4-18H,1-3H3/p+1. The summed E-state index contributed by atoms with van der Waals surface area (Å²) in [5.41, 5.74) is 4.99. The van der Waals surface area contributed by atoms with Crippen molar-refractivity contribution in [3.05, 3.63) is 103 Å². The number of hydrogen-bond acceptors (Lipinski definition) is 5. The van der Waals surface area contributed by atoms with Gasteiger partial charge in [0.05, 0.1) is 17.5 Å². The van der Waals surface area contributed by atoms with E-state index < -0.39 is 21.7 Å². The Hall–Kier alpha value is -4.96. The van der Waals surface area contributed by atoms with E-state index in [9.17, 15) is 17.6 Å². The van der Waals surface area contributed by atoms with Crippen LogP contribution in [0.2, 0.25) is 0 Å². The number of fused-ring (bicyclic) bond motifs is 2. The second kappa shape index (κ2) is 9.90. The van der Waals surface area contributed by atoms with Crippen molar-refractivity contribution in [2.75, 3.05) is 24.7 Å². The Kier molecular flexibility index (Phi) is 6.34. The van der Waals surface area contributed by atoms with E-state index in [2.05, 4.69) is 5.32 Å². The minimum Gasteiger partial charge on any atom is -0.455 e. The number of hydrogen-bond donors (Lipinski definition) is 1. The van der Waals surface area contributed by atoms with Crippen LogP contribution in [0.4, 0.5) is 10.1 Å². The molecule has 0 fully saturated rings. The molecule has 1 N–H and O–H groups in total. The van der Waals surface area contributed by atoms with Gasteiger partial charge in [-0.05, 0) is 42.0 Å². The van der Waals surface area contributed by atoms with E-state index in [4.69, 9.17) is 8.83 Å². The zero-order chi connectivity index (χ0) is 28.9. The molecule has 6 aromatic rings. The molecule has 1 amide bonds. The lowest BCUT2D eigenvalue weighted by Gasteiger charge is -2.20. The number of nitrogens with one attached hydrogen (secondary N) is 1. The smallest absolute Gasteiger partial charge is 0.341 e. The van der Waals surface area contributed by atoms with Gasteiger partial charge in [0.25, 0.3) is 11.4 Å². The highest BCUT2D eigenvalue weighted by Crippen LogP contribution is 2.41. The molecule has 6 rings (SSSR count). The number of rotatable bonds is 6. The summed E-state index contributed by atoms with van der Waals surface area (Å²) in [5.74, 6) is -0.574. The zero-order valence-electron chi connectivity index (χ0n) is 22.4. The van der Waals surface area contributed by atoms with Crippen molar-refractivity contribution < 1.29 is 31.0 Å². The SMILES string of the molecule is CNC(=O)c1c(-c2ccc(F)cc2)oc2cc(N(C)S(C)(=O)=O)c(-c3ccc4oc[n+](-c5ccccc5)c4c3)cc12. The summed E-state index contributed by atoms with van der Waals surface area (Å²) in [6.07, 6.45) is 2.73. The van der Waals surface area contributed by atoms with E-state index in [1.165, 1.54) is 42.7 Å². The third kappa shape index (κ3) is 4.62. The van der Waals surface area contributed by atoms with E-state index in [0.29, 0.717) is 38.9 Å². The average molecular weight is 571 g/mol. The van der Waals surface area contributed by atoms with E-state index in [0.717, 1.165) is 17.5 Å². The van der Waals surface area contributed by atoms with Gasteiger partial charge >= 0.3 is 6.39 Å². The van der Waals surface area contributed by atoms with E-state index in [1.54, 1.807) is 18.5 Å². The van der Waals surface area contributed by atoms with Crippen LogP contribution in [-0.4, -0.2) is 34.7 Å². The minimum absolute atomic E-state index is 0.247. The van der Waals surface area contributed by atoms with Crippen LogP contribution in [0.15, 0.2) is 100 Å². The first-order valence-corrected chi connectivity index (χ1v) is 14.5. The maximum Gasteiger partial charge on any atom is 0.341 e. The lowest BCUT2D eigenvalue weighted by molar-refractivity contribution is -0.573. The van der Waals surface area contributed by atoms with Crippen molar-refractivity contribution in [1.29, 1.82) is 0 Å². The number of carbonyl (C=O) groups excluding carboxylic acids is 1. The van der Waals surface area contributed by atoms with Gasteiger partial charge in [0, 0.05) is 54.9 Å². The zero-order valence-corrected chi connectivity index (χ0v) is 23.2. The lowest BCUT2D eigenvalue weighted by atomic mass is 9.98. The molecule has 0 bridgehead atoms. The summed E-state index contributed by atoms with van der Waals surface area (Å²) in [6, 6.07) is 24.2. The number of furan rings is 1. The van der Waals surface area contributed by atoms with E-state index in [1.807, 2.05) is 53.1 Å². The Bertz CT molecular complexity index is 2050. The first-order valence-electron chi connectivity index (χ1n) is 12.7. The molecule has 8 nitrogen and oxygen atoms in total. The van der Waals surface area contributed by atoms with Crippen LogP contribution < -0.4 is 14.2 Å². The Labute approximate surface area is 235 Å². The summed E-state index contributed by atoms with van der Waals surface area (Å²) in [6.45, 7) is 0. The number of carbonyl (C=O) groups is 1. The normalized spacial score (nSPS) is 11.7. The molecule has 2 heterocycles. The molecule has 0 unspecified atom stereocenters. The van der Waals surface area contributed by atoms with Gasteiger partial charge in [-0.3, -0.25) is 9.10 Å². The van der Waals surface area contributed by atoms with Crippen LogP contribution in [0.5, 0.6) is 0 Å². The van der Waals surface area contributed by atoms with Crippen molar-refractivity contribution >= 4 is 43.7 Å². The van der Waals surface area contributed by atoms with Gasteiger partial charge in [-0.15, -0.1) is 4.57 Å². The summed E-state index contributed by atoms with van der Waals surface area (Å²) in [5, 5.41) is 3.13. The number of sulfonamides is 1. The topological polar surface area (TPSA) is 96.6 Å². The molecule has 10 heteroatoms. The molecule has 0 aliphatic rings. The fraction of sp³-hybridized carbons (Fsp3) is 0.0968. The van der Waals surface area contributed by atoms with Crippen molar-refractivity contribution in [3.8, 4) is 28.1 Å². The molecular formula is C31H25FN3O5S+. The Morgan fingerprint density at radius 3 is 2.32 bits per heavy atom. The van der Waals surface area contributed by atoms with E-state index in [-0.39, 0.29) is 11.3 Å². The van der Waals surface area contributed by atoms with Gasteiger partial charge in [-0.25, -0.2) is 12.8 Å². The van der Waals surface area contributed by atoms with Gasteiger partial charge in [-0.1, -0.05) is 24.3 Å². The van der Waals surface area contributed by atoms with Crippen LogP contribution in [0.3, 0.4) is 0 Å². The van der Waals surface area contributed by atoms with Gasteiger partial charge in [-0.2, -0.15) is 0 Å². The molecule has 0 aliphatic heterocycles. The van der Waals surface area contributed by atoms with Gasteiger partial charge in [0.2, 0.25) is 21.3 Å². The molecule has 4 aromatic carbocycles. The molecule has 0 atom stereocenters. The summed E-state index contributed by atoms with van der Waals surface area (Å²) >= 11 is 0. The number of benzene rings is 4. The third-order valence-electron chi connectivity index (χ3n) is 7.05. The molecule has 206 valence electrons. The number of halogens is 1. The van der Waals surface area contributed by atoms with Crippen LogP contribution in [-0.2, 0) is 10.0 Å². The second-order valence-electron chi connectivity index (χ2n) is 9.60. The molecule has 0 aliphatic carbocycles. The molecule has 0 spiro atoms. The van der Waals surface area contributed by atoms with Crippen molar-refractivity contribution in [1.82, 2.24) is 5.32 Å². The Morgan fingerprint density at radius 2 is 1.63 bits per heavy atom. The van der Waals surface area contributed by atoms with Crippen molar-refractivity contribution in [2.24, 2.45) is 0 Å². The molecule has 2 aromatic heterocycles. The number of nitrogens with zero attached hydrogens (tertiary/aromatic N) is 2. The lowest BCUT2D eigenvalue weighted by Crippen LogP contribution is -2.28. The molecule has 0 saturated heterocycles. The Balaban J connectivity index is 1.64. The second-order valence-corrected chi connectivity index (χ2v) is 11.6. The van der Waals surface area contributed by atoms with Crippen LogP contribution >= 0.6 is 0 Å². The highest BCUT2D eigenvalue weighted by atomic mass is 32.2. The fourth-order valence-corrected chi connectivity index (χ4v) is 5.39. The molecule has 0 radical (unpaired) electrons. The number of oxazole rings is 1. The number of amides is 1. The largest absolute Gasteiger partial charge is 0.455 e. The Morgan fingerprint density at radius 1 is 0.927 bits per heavy atom. The number of para-hydroxylation sites is 1. The summed E-state index contributed by atoms with van der Waals surface area (Å²) in [4.78, 5) is 13.1. The third-order valence-corrected chi connectivity index (χ3v) is 8.24. The first-order chi connectivity index (χ1) is 19.7. The minimum atomic E-state index is -3.67. The van der Waals surface area contributed by atoms with Gasteiger partial charge < -0.3 is 14.2 Å². The predicted molar refractivity (Wildman–Crippen MR) is 155 cm³/mol. The van der Waals surface area contributed by atoms with Gasteiger partial charge in [0.15, 0.2) is 0 Å². The number of anilines is 1. The first kappa shape index (κ1) is 26.3. The van der Waals surface area contributed by atoms with Crippen LogP contribution in [0.25, 0.3) is 50.2 Å². The fourth-order valence-electron chi connectivity index (χ4n) is 4.89. The monoisotopic (exact) mass is 570 g/mol. The molecule has 0 saturated carbocycles. The van der Waals surface area contributed by atoms with E-state index >= 15 is 0 Å². The average Bonchev–Trinajstić information content (AvgIpc) is 3.57. The highest BCUT2D eigenvalue weighted by Gasteiger charge is 2.27. The van der Waals surface area contributed by atoms with Gasteiger partial charge in [0.1, 0.15) is 17.2 Å². The number of aromatic nitrogens is 1. The maximum atomic E-state index is 13.7.